The van der Waals surface area contributed by atoms with Crippen LogP contribution in [0, 0.1) is 17.5 Å². The number of nitrogens with one attached hydrogen (secondary N) is 1. The molecule has 0 aromatic heterocycles. The van der Waals surface area contributed by atoms with Crippen molar-refractivity contribution >= 4 is 23.2 Å². The molecule has 1 saturated heterocycles. The summed E-state index contributed by atoms with van der Waals surface area (Å²) in [6, 6.07) is 7.18. The van der Waals surface area contributed by atoms with Gasteiger partial charge in [0.1, 0.15) is 17.5 Å². The normalized spacial score (nSPS) is 16.3. The van der Waals surface area contributed by atoms with Crippen molar-refractivity contribution < 1.29 is 35.9 Å². The topological polar surface area (TPSA) is 78.7 Å². The summed E-state index contributed by atoms with van der Waals surface area (Å²) in [5, 5.41) is 2.42. The standard InChI is InChI=1S/C27H24F6N4O2/c1-14-13-37(8-7-36(14)2)24-12-22(30)18(15-3-6-21(29)19(9-15)25(34)38)11-23(24)35-26(39)17-5-4-16(28)10-20(17)27(31,32)33/h3-6,9-12,14H,7-8,13H2,1-2H3,(H2,34,38)(H,35,39)/t14-/m1/s1. The summed E-state index contributed by atoms with van der Waals surface area (Å²) in [4.78, 5) is 28.6. The molecule has 2 amide bonds. The number of hydrogen-bond acceptors (Lipinski definition) is 4. The second-order valence-electron chi connectivity index (χ2n) is 9.33. The number of halogens is 6. The number of likely N-dealkylation sites (N-methyl/N-ethyl adjacent to an activating group) is 1. The molecule has 1 aliphatic heterocycles. The lowest BCUT2D eigenvalue weighted by Crippen LogP contribution is -2.50. The number of rotatable bonds is 5. The number of amides is 2. The summed E-state index contributed by atoms with van der Waals surface area (Å²) in [6.07, 6.45) is -5.02. The van der Waals surface area contributed by atoms with Gasteiger partial charge in [-0.1, -0.05) is 6.07 Å². The van der Waals surface area contributed by atoms with Crippen LogP contribution in [0.4, 0.5) is 37.7 Å². The first-order chi connectivity index (χ1) is 18.3. The van der Waals surface area contributed by atoms with Gasteiger partial charge < -0.3 is 20.9 Å². The van der Waals surface area contributed by atoms with Crippen molar-refractivity contribution in [2.45, 2.75) is 19.1 Å². The molecule has 39 heavy (non-hydrogen) atoms. The second kappa shape index (κ2) is 10.6. The zero-order chi connectivity index (χ0) is 28.6. The minimum atomic E-state index is -5.02. The molecule has 0 spiro atoms. The van der Waals surface area contributed by atoms with Gasteiger partial charge in [0.2, 0.25) is 0 Å². The Labute approximate surface area is 220 Å². The highest BCUT2D eigenvalue weighted by Crippen LogP contribution is 2.37. The molecule has 4 rings (SSSR count). The predicted molar refractivity (Wildman–Crippen MR) is 134 cm³/mol. The van der Waals surface area contributed by atoms with Gasteiger partial charge in [0.05, 0.1) is 28.1 Å². The number of primary amides is 1. The van der Waals surface area contributed by atoms with Crippen LogP contribution in [0.25, 0.3) is 11.1 Å². The minimum absolute atomic E-state index is 0.0319. The number of carbonyl (C=O) groups is 2. The number of nitrogens with two attached hydrogens (primary N) is 1. The van der Waals surface area contributed by atoms with Crippen molar-refractivity contribution in [1.82, 2.24) is 4.90 Å². The van der Waals surface area contributed by atoms with E-state index in [4.69, 9.17) is 5.73 Å². The van der Waals surface area contributed by atoms with Gasteiger partial charge in [-0.3, -0.25) is 9.59 Å². The lowest BCUT2D eigenvalue weighted by atomic mass is 9.99. The quantitative estimate of drug-likeness (QED) is 0.424. The third kappa shape index (κ3) is 5.85. The Morgan fingerprint density at radius 2 is 1.67 bits per heavy atom. The van der Waals surface area contributed by atoms with E-state index in [0.29, 0.717) is 25.7 Å². The lowest BCUT2D eigenvalue weighted by molar-refractivity contribution is -0.138. The van der Waals surface area contributed by atoms with Crippen LogP contribution in [-0.4, -0.2) is 49.4 Å². The van der Waals surface area contributed by atoms with E-state index in [1.54, 1.807) is 4.90 Å². The van der Waals surface area contributed by atoms with Crippen molar-refractivity contribution in [3.63, 3.8) is 0 Å². The number of anilines is 2. The van der Waals surface area contributed by atoms with Gasteiger partial charge in [-0.25, -0.2) is 13.2 Å². The van der Waals surface area contributed by atoms with Crippen molar-refractivity contribution in [2.24, 2.45) is 5.73 Å². The van der Waals surface area contributed by atoms with Crippen LogP contribution in [0.5, 0.6) is 0 Å². The van der Waals surface area contributed by atoms with Crippen LogP contribution < -0.4 is 16.0 Å². The maximum atomic E-state index is 15.5. The Kier molecular flexibility index (Phi) is 7.60. The van der Waals surface area contributed by atoms with Gasteiger partial charge in [0, 0.05) is 31.2 Å². The van der Waals surface area contributed by atoms with Gasteiger partial charge in [0.25, 0.3) is 11.8 Å². The number of piperazine rings is 1. The molecule has 1 heterocycles. The molecule has 12 heteroatoms. The molecule has 0 unspecified atom stereocenters. The second-order valence-corrected chi connectivity index (χ2v) is 9.33. The van der Waals surface area contributed by atoms with E-state index in [9.17, 15) is 31.5 Å². The molecule has 3 N–H and O–H groups in total. The Hall–Kier alpha value is -4.06. The van der Waals surface area contributed by atoms with E-state index in [2.05, 4.69) is 10.2 Å². The highest BCUT2D eigenvalue weighted by molar-refractivity contribution is 6.07. The summed E-state index contributed by atoms with van der Waals surface area (Å²) in [5.41, 5.74) is 2.48. The van der Waals surface area contributed by atoms with Crippen LogP contribution in [-0.2, 0) is 6.18 Å². The number of hydrogen-bond donors (Lipinski definition) is 2. The van der Waals surface area contributed by atoms with E-state index < -0.39 is 52.1 Å². The molecule has 6 nitrogen and oxygen atoms in total. The number of alkyl halides is 3. The minimum Gasteiger partial charge on any atom is -0.367 e. The predicted octanol–water partition coefficient (Wildman–Crippen LogP) is 5.28. The number of nitrogens with zero attached hydrogens (tertiary/aromatic N) is 2. The van der Waals surface area contributed by atoms with Gasteiger partial charge >= 0.3 is 6.18 Å². The molecular formula is C27H24F6N4O2. The van der Waals surface area contributed by atoms with Crippen LogP contribution >= 0.6 is 0 Å². The van der Waals surface area contributed by atoms with Crippen LogP contribution in [0.2, 0.25) is 0 Å². The molecule has 206 valence electrons. The maximum Gasteiger partial charge on any atom is 0.417 e. The molecule has 0 aliphatic carbocycles. The van der Waals surface area contributed by atoms with E-state index in [-0.39, 0.29) is 34.6 Å². The van der Waals surface area contributed by atoms with E-state index >= 15 is 4.39 Å². The smallest absolute Gasteiger partial charge is 0.367 e. The van der Waals surface area contributed by atoms with Gasteiger partial charge in [-0.05, 0) is 62.0 Å². The molecule has 3 aromatic carbocycles. The van der Waals surface area contributed by atoms with Crippen LogP contribution in [0.1, 0.15) is 33.2 Å². The molecule has 0 saturated carbocycles. The molecule has 1 atom stereocenters. The Bertz CT molecular complexity index is 1440. The average molecular weight is 551 g/mol. The fourth-order valence-electron chi connectivity index (χ4n) is 4.43. The van der Waals surface area contributed by atoms with Gasteiger partial charge in [0.15, 0.2) is 0 Å². The highest BCUT2D eigenvalue weighted by atomic mass is 19.4. The fourth-order valence-corrected chi connectivity index (χ4v) is 4.43. The average Bonchev–Trinajstić information content (AvgIpc) is 2.86. The molecular weight excluding hydrogens is 526 g/mol. The first-order valence-electron chi connectivity index (χ1n) is 11.8. The largest absolute Gasteiger partial charge is 0.417 e. The summed E-state index contributed by atoms with van der Waals surface area (Å²) >= 11 is 0. The third-order valence-electron chi connectivity index (χ3n) is 6.71. The third-order valence-corrected chi connectivity index (χ3v) is 6.71. The lowest BCUT2D eigenvalue weighted by Gasteiger charge is -2.39. The van der Waals surface area contributed by atoms with Crippen LogP contribution in [0.3, 0.4) is 0 Å². The van der Waals surface area contributed by atoms with E-state index in [1.807, 2.05) is 14.0 Å². The molecule has 0 bridgehead atoms. The number of carbonyl (C=O) groups excluding carboxylic acids is 2. The Morgan fingerprint density at radius 1 is 0.949 bits per heavy atom. The first kappa shape index (κ1) is 28.0. The van der Waals surface area contributed by atoms with Crippen molar-refractivity contribution in [3.8, 4) is 11.1 Å². The Balaban J connectivity index is 1.83. The zero-order valence-corrected chi connectivity index (χ0v) is 20.9. The molecule has 1 fully saturated rings. The monoisotopic (exact) mass is 550 g/mol. The number of benzene rings is 3. The molecule has 1 aliphatic rings. The van der Waals surface area contributed by atoms with Crippen molar-refractivity contribution in [1.29, 1.82) is 0 Å². The summed E-state index contributed by atoms with van der Waals surface area (Å²) in [7, 11) is 1.91. The maximum absolute atomic E-state index is 15.5. The van der Waals surface area contributed by atoms with Gasteiger partial charge in [-0.15, -0.1) is 0 Å². The SMILES string of the molecule is C[C@@H]1CN(c2cc(F)c(-c3ccc(F)c(C(N)=O)c3)cc2NC(=O)c2ccc(F)cc2C(F)(F)F)CCN1C. The molecule has 3 aromatic rings. The van der Waals surface area contributed by atoms with Gasteiger partial charge in [-0.2, -0.15) is 13.2 Å². The molecule has 0 radical (unpaired) electrons. The highest BCUT2D eigenvalue weighted by Gasteiger charge is 2.36. The summed E-state index contributed by atoms with van der Waals surface area (Å²) < 4.78 is 83.8. The van der Waals surface area contributed by atoms with Crippen molar-refractivity contribution in [2.75, 3.05) is 36.9 Å². The fraction of sp³-hybridized carbons (Fsp3) is 0.259. The zero-order valence-electron chi connectivity index (χ0n) is 20.9. The van der Waals surface area contributed by atoms with Crippen molar-refractivity contribution in [3.05, 3.63) is 82.7 Å². The van der Waals surface area contributed by atoms with Crippen LogP contribution in [0.15, 0.2) is 48.5 Å². The summed E-state index contributed by atoms with van der Waals surface area (Å²) in [5.74, 6) is -5.15. The van der Waals surface area contributed by atoms with E-state index in [1.165, 1.54) is 12.1 Å². The first-order valence-corrected chi connectivity index (χ1v) is 11.8. The Morgan fingerprint density at radius 3 is 2.31 bits per heavy atom. The van der Waals surface area contributed by atoms with E-state index in [0.717, 1.165) is 24.3 Å². The summed E-state index contributed by atoms with van der Waals surface area (Å²) in [6.45, 7) is 3.38.